The minimum atomic E-state index is 0.0490. The second kappa shape index (κ2) is 7.19. The van der Waals surface area contributed by atoms with Gasteiger partial charge in [0.1, 0.15) is 6.33 Å². The lowest BCUT2D eigenvalue weighted by molar-refractivity contribution is -0.116. The maximum atomic E-state index is 12.0. The molecule has 0 aliphatic rings. The van der Waals surface area contributed by atoms with Crippen LogP contribution in [0, 0.1) is 0 Å². The molecule has 3 rings (SSSR count). The summed E-state index contributed by atoms with van der Waals surface area (Å²) in [6, 6.07) is 11.8. The van der Waals surface area contributed by atoms with Crippen molar-refractivity contribution in [2.45, 2.75) is 19.3 Å². The van der Waals surface area contributed by atoms with Crippen molar-refractivity contribution in [3.63, 3.8) is 0 Å². The molecule has 0 saturated carbocycles. The predicted octanol–water partition coefficient (Wildman–Crippen LogP) is 3.51. The molecule has 0 fully saturated rings. The van der Waals surface area contributed by atoms with Gasteiger partial charge in [-0.2, -0.15) is 0 Å². The summed E-state index contributed by atoms with van der Waals surface area (Å²) in [4.78, 5) is 13.3. The van der Waals surface area contributed by atoms with Gasteiger partial charge in [0.2, 0.25) is 5.91 Å². The van der Waals surface area contributed by atoms with Gasteiger partial charge in [0.25, 0.3) is 0 Å². The van der Waals surface area contributed by atoms with Crippen LogP contribution in [-0.4, -0.2) is 20.7 Å². The molecule has 6 heteroatoms. The first-order chi connectivity index (χ1) is 11.2. The van der Waals surface area contributed by atoms with Crippen molar-refractivity contribution in [3.8, 4) is 11.4 Å². The minimum Gasteiger partial charge on any atom is -0.326 e. The Hall–Kier alpha value is -2.47. The largest absolute Gasteiger partial charge is 0.326 e. The Morgan fingerprint density at radius 3 is 2.74 bits per heavy atom. The topological polar surface area (TPSA) is 59.8 Å². The predicted molar refractivity (Wildman–Crippen MR) is 92.3 cm³/mol. The van der Waals surface area contributed by atoms with Crippen molar-refractivity contribution in [1.29, 1.82) is 0 Å². The highest BCUT2D eigenvalue weighted by molar-refractivity contribution is 7.09. The van der Waals surface area contributed by atoms with E-state index in [0.717, 1.165) is 29.9 Å². The van der Waals surface area contributed by atoms with E-state index in [2.05, 4.69) is 27.0 Å². The van der Waals surface area contributed by atoms with E-state index in [1.165, 1.54) is 4.88 Å². The maximum Gasteiger partial charge on any atom is 0.224 e. The van der Waals surface area contributed by atoms with E-state index in [-0.39, 0.29) is 5.91 Å². The first kappa shape index (κ1) is 15.4. The third-order valence-corrected chi connectivity index (χ3v) is 4.48. The number of thiophene rings is 1. The number of anilines is 1. The van der Waals surface area contributed by atoms with Crippen molar-refractivity contribution in [1.82, 2.24) is 14.8 Å². The van der Waals surface area contributed by atoms with Crippen LogP contribution in [0.15, 0.2) is 48.1 Å². The molecule has 5 nitrogen and oxygen atoms in total. The van der Waals surface area contributed by atoms with Crippen molar-refractivity contribution in [2.24, 2.45) is 7.05 Å². The maximum absolute atomic E-state index is 12.0. The van der Waals surface area contributed by atoms with E-state index >= 15 is 0 Å². The zero-order valence-electron chi connectivity index (χ0n) is 12.9. The normalized spacial score (nSPS) is 10.7. The molecule has 2 aromatic heterocycles. The Bertz CT molecular complexity index is 762. The zero-order chi connectivity index (χ0) is 16.1. The van der Waals surface area contributed by atoms with E-state index in [1.54, 1.807) is 17.7 Å². The molecular weight excluding hydrogens is 308 g/mol. The molecule has 0 aliphatic carbocycles. The number of aromatic nitrogens is 3. The molecule has 1 N–H and O–H groups in total. The number of benzene rings is 1. The van der Waals surface area contributed by atoms with Gasteiger partial charge in [-0.15, -0.1) is 21.5 Å². The summed E-state index contributed by atoms with van der Waals surface area (Å²) in [6.07, 6.45) is 4.01. The molecule has 0 spiro atoms. The quantitative estimate of drug-likeness (QED) is 0.754. The van der Waals surface area contributed by atoms with Crippen LogP contribution >= 0.6 is 11.3 Å². The molecular formula is C17H18N4OS. The summed E-state index contributed by atoms with van der Waals surface area (Å²) in [5.74, 6) is 0.854. The lowest BCUT2D eigenvalue weighted by Crippen LogP contribution is -2.11. The van der Waals surface area contributed by atoms with Crippen LogP contribution in [0.2, 0.25) is 0 Å². The summed E-state index contributed by atoms with van der Waals surface area (Å²) in [6.45, 7) is 0. The summed E-state index contributed by atoms with van der Waals surface area (Å²) < 4.78 is 1.86. The van der Waals surface area contributed by atoms with Crippen LogP contribution in [-0.2, 0) is 18.3 Å². The number of carbonyl (C=O) groups is 1. The van der Waals surface area contributed by atoms with Gasteiger partial charge < -0.3 is 9.88 Å². The highest BCUT2D eigenvalue weighted by atomic mass is 32.1. The summed E-state index contributed by atoms with van der Waals surface area (Å²) in [5, 5.41) is 12.9. The van der Waals surface area contributed by atoms with Crippen LogP contribution in [0.3, 0.4) is 0 Å². The summed E-state index contributed by atoms with van der Waals surface area (Å²) in [7, 11) is 1.90. The highest BCUT2D eigenvalue weighted by Crippen LogP contribution is 2.19. The molecule has 118 valence electrons. The third kappa shape index (κ3) is 4.04. The average Bonchev–Trinajstić information content (AvgIpc) is 3.20. The zero-order valence-corrected chi connectivity index (χ0v) is 13.7. The van der Waals surface area contributed by atoms with Crippen molar-refractivity contribution in [2.75, 3.05) is 5.32 Å². The van der Waals surface area contributed by atoms with Gasteiger partial charge in [0.15, 0.2) is 5.82 Å². The fourth-order valence-electron chi connectivity index (χ4n) is 2.35. The van der Waals surface area contributed by atoms with E-state index in [0.29, 0.717) is 6.42 Å². The van der Waals surface area contributed by atoms with Gasteiger partial charge in [0, 0.05) is 29.6 Å². The molecule has 23 heavy (non-hydrogen) atoms. The summed E-state index contributed by atoms with van der Waals surface area (Å²) in [5.41, 5.74) is 1.78. The number of carbonyl (C=O) groups excluding carboxylic acids is 1. The first-order valence-electron chi connectivity index (χ1n) is 7.49. The number of amides is 1. The summed E-state index contributed by atoms with van der Waals surface area (Å²) >= 11 is 1.74. The lowest BCUT2D eigenvalue weighted by Gasteiger charge is -2.06. The van der Waals surface area contributed by atoms with Crippen molar-refractivity contribution < 1.29 is 4.79 Å². The van der Waals surface area contributed by atoms with Gasteiger partial charge in [-0.1, -0.05) is 6.07 Å². The molecule has 0 bridgehead atoms. The third-order valence-electron chi connectivity index (χ3n) is 3.55. The standard InChI is InChI=1S/C17H18N4OS/c1-21-12-18-20-17(21)13-7-9-14(10-8-13)19-16(22)6-2-4-15-5-3-11-23-15/h3,5,7-12H,2,4,6H2,1H3,(H,19,22). The Morgan fingerprint density at radius 1 is 1.26 bits per heavy atom. The number of hydrogen-bond acceptors (Lipinski definition) is 4. The Balaban J connectivity index is 1.51. The van der Waals surface area contributed by atoms with E-state index in [1.807, 2.05) is 41.9 Å². The van der Waals surface area contributed by atoms with Gasteiger partial charge >= 0.3 is 0 Å². The molecule has 0 saturated heterocycles. The molecule has 0 radical (unpaired) electrons. The van der Waals surface area contributed by atoms with Gasteiger partial charge in [-0.3, -0.25) is 4.79 Å². The smallest absolute Gasteiger partial charge is 0.224 e. The molecule has 1 amide bonds. The number of rotatable bonds is 6. The number of nitrogens with one attached hydrogen (secondary N) is 1. The van der Waals surface area contributed by atoms with Crippen molar-refractivity contribution >= 4 is 22.9 Å². The number of nitrogens with zero attached hydrogens (tertiary/aromatic N) is 3. The van der Waals surface area contributed by atoms with E-state index in [9.17, 15) is 4.79 Å². The molecule has 0 aliphatic heterocycles. The van der Waals surface area contributed by atoms with E-state index < -0.39 is 0 Å². The van der Waals surface area contributed by atoms with Crippen LogP contribution < -0.4 is 5.32 Å². The molecule has 2 heterocycles. The second-order valence-electron chi connectivity index (χ2n) is 5.32. The van der Waals surface area contributed by atoms with Gasteiger partial charge in [-0.05, 0) is 48.6 Å². The van der Waals surface area contributed by atoms with Crippen LogP contribution in [0.25, 0.3) is 11.4 Å². The number of aryl methyl sites for hydroxylation is 2. The highest BCUT2D eigenvalue weighted by Gasteiger charge is 2.06. The molecule has 3 aromatic rings. The fraction of sp³-hybridized carbons (Fsp3) is 0.235. The van der Waals surface area contributed by atoms with Crippen LogP contribution in [0.1, 0.15) is 17.7 Å². The molecule has 1 aromatic carbocycles. The van der Waals surface area contributed by atoms with Gasteiger partial charge in [0.05, 0.1) is 0 Å². The average molecular weight is 326 g/mol. The Morgan fingerprint density at radius 2 is 2.09 bits per heavy atom. The van der Waals surface area contributed by atoms with Gasteiger partial charge in [-0.25, -0.2) is 0 Å². The van der Waals surface area contributed by atoms with Crippen molar-refractivity contribution in [3.05, 3.63) is 53.0 Å². The monoisotopic (exact) mass is 326 g/mol. The fourth-order valence-corrected chi connectivity index (χ4v) is 3.10. The number of hydrogen-bond donors (Lipinski definition) is 1. The SMILES string of the molecule is Cn1cnnc1-c1ccc(NC(=O)CCCc2cccs2)cc1. The minimum absolute atomic E-state index is 0.0490. The van der Waals surface area contributed by atoms with Crippen LogP contribution in [0.4, 0.5) is 5.69 Å². The molecule has 0 atom stereocenters. The first-order valence-corrected chi connectivity index (χ1v) is 8.37. The van der Waals surface area contributed by atoms with Crippen LogP contribution in [0.5, 0.6) is 0 Å². The second-order valence-corrected chi connectivity index (χ2v) is 6.36. The lowest BCUT2D eigenvalue weighted by atomic mass is 10.1. The Kier molecular flexibility index (Phi) is 4.83. The van der Waals surface area contributed by atoms with E-state index in [4.69, 9.17) is 0 Å². The molecule has 0 unspecified atom stereocenters. The Labute approximate surface area is 139 Å².